The lowest BCUT2D eigenvalue weighted by atomic mass is 10.2. The number of rotatable bonds is 2. The van der Waals surface area contributed by atoms with Gasteiger partial charge in [-0.25, -0.2) is 4.39 Å². The molecule has 1 saturated heterocycles. The first-order valence-corrected chi connectivity index (χ1v) is 6.74. The van der Waals surface area contributed by atoms with Crippen molar-refractivity contribution in [3.63, 3.8) is 0 Å². The van der Waals surface area contributed by atoms with Gasteiger partial charge in [-0.2, -0.15) is 0 Å². The summed E-state index contributed by atoms with van der Waals surface area (Å²) in [6.45, 7) is 5.74. The van der Waals surface area contributed by atoms with Crippen LogP contribution in [-0.2, 0) is 0 Å². The molecule has 1 aromatic carbocycles. The fourth-order valence-electron chi connectivity index (χ4n) is 1.82. The third kappa shape index (κ3) is 2.47. The van der Waals surface area contributed by atoms with Crippen molar-refractivity contribution in [1.82, 2.24) is 5.32 Å². The van der Waals surface area contributed by atoms with Crippen molar-refractivity contribution >= 4 is 19.6 Å². The van der Waals surface area contributed by atoms with E-state index in [4.69, 9.17) is 0 Å². The molecule has 0 aliphatic carbocycles. The van der Waals surface area contributed by atoms with Gasteiger partial charge in [0.15, 0.2) is 0 Å². The van der Waals surface area contributed by atoms with E-state index in [-0.39, 0.29) is 5.82 Å². The van der Waals surface area contributed by atoms with Crippen LogP contribution in [0.25, 0.3) is 0 Å². The molecule has 1 unspecified atom stereocenters. The molecule has 0 spiro atoms. The summed E-state index contributed by atoms with van der Waals surface area (Å²) in [5, 5.41) is 4.35. The third-order valence-electron chi connectivity index (χ3n) is 2.69. The highest BCUT2D eigenvalue weighted by Gasteiger charge is 2.14. The molecule has 82 valence electrons. The summed E-state index contributed by atoms with van der Waals surface area (Å²) in [6.07, 6.45) is 0. The SMILES string of the molecule is CPc1ccc(N2CCNCC2)c(F)c1. The standard InChI is InChI=1S/C11H16FN2P/c1-15-9-2-3-11(10(12)8-9)14-6-4-13-5-7-14/h2-3,8,13,15H,4-7H2,1H3. The average molecular weight is 226 g/mol. The monoisotopic (exact) mass is 226 g/mol. The van der Waals surface area contributed by atoms with Gasteiger partial charge in [-0.3, -0.25) is 0 Å². The first-order chi connectivity index (χ1) is 7.31. The lowest BCUT2D eigenvalue weighted by molar-refractivity contribution is 0.567. The van der Waals surface area contributed by atoms with Gasteiger partial charge in [-0.1, -0.05) is 14.6 Å². The summed E-state index contributed by atoms with van der Waals surface area (Å²) in [6, 6.07) is 5.60. The van der Waals surface area contributed by atoms with Crippen molar-refractivity contribution in [2.45, 2.75) is 0 Å². The second kappa shape index (κ2) is 4.91. The zero-order chi connectivity index (χ0) is 10.7. The predicted octanol–water partition coefficient (Wildman–Crippen LogP) is 1.17. The van der Waals surface area contributed by atoms with Crippen LogP contribution in [0.3, 0.4) is 0 Å². The predicted molar refractivity (Wildman–Crippen MR) is 65.4 cm³/mol. The molecular weight excluding hydrogens is 210 g/mol. The van der Waals surface area contributed by atoms with Crippen LogP contribution >= 0.6 is 8.58 Å². The smallest absolute Gasteiger partial charge is 0.147 e. The lowest BCUT2D eigenvalue weighted by Crippen LogP contribution is -2.43. The van der Waals surface area contributed by atoms with Gasteiger partial charge in [-0.15, -0.1) is 0 Å². The van der Waals surface area contributed by atoms with Crippen molar-refractivity contribution in [3.8, 4) is 0 Å². The second-order valence-electron chi connectivity index (χ2n) is 3.65. The van der Waals surface area contributed by atoms with Crippen LogP contribution in [0.2, 0.25) is 0 Å². The number of halogens is 1. The largest absolute Gasteiger partial charge is 0.367 e. The van der Waals surface area contributed by atoms with Gasteiger partial charge < -0.3 is 10.2 Å². The van der Waals surface area contributed by atoms with E-state index in [0.717, 1.165) is 37.2 Å². The molecule has 1 N–H and O–H groups in total. The van der Waals surface area contributed by atoms with E-state index < -0.39 is 0 Å². The maximum atomic E-state index is 13.8. The van der Waals surface area contributed by atoms with Gasteiger partial charge in [0.25, 0.3) is 0 Å². The van der Waals surface area contributed by atoms with E-state index in [1.807, 2.05) is 12.1 Å². The summed E-state index contributed by atoms with van der Waals surface area (Å²) in [5.74, 6) is -0.0799. The summed E-state index contributed by atoms with van der Waals surface area (Å²) < 4.78 is 13.8. The number of benzene rings is 1. The van der Waals surface area contributed by atoms with Gasteiger partial charge >= 0.3 is 0 Å². The van der Waals surface area contributed by atoms with Crippen LogP contribution in [0.4, 0.5) is 10.1 Å². The van der Waals surface area contributed by atoms with Crippen LogP contribution in [0, 0.1) is 5.82 Å². The van der Waals surface area contributed by atoms with E-state index in [2.05, 4.69) is 16.9 Å². The van der Waals surface area contributed by atoms with E-state index in [9.17, 15) is 4.39 Å². The first kappa shape index (κ1) is 10.8. The van der Waals surface area contributed by atoms with Crippen LogP contribution in [0.15, 0.2) is 18.2 Å². The summed E-state index contributed by atoms with van der Waals surface area (Å²) >= 11 is 0. The fraction of sp³-hybridized carbons (Fsp3) is 0.455. The van der Waals surface area contributed by atoms with Gasteiger partial charge in [-0.05, 0) is 24.1 Å². The number of piperazine rings is 1. The fourth-order valence-corrected chi connectivity index (χ4v) is 2.35. The summed E-state index contributed by atoms with van der Waals surface area (Å²) in [7, 11) is 0.661. The molecular formula is C11H16FN2P. The first-order valence-electron chi connectivity index (χ1n) is 5.24. The van der Waals surface area contributed by atoms with Crippen molar-refractivity contribution in [2.75, 3.05) is 37.7 Å². The van der Waals surface area contributed by atoms with Gasteiger partial charge in [0, 0.05) is 26.2 Å². The molecule has 1 fully saturated rings. The molecule has 0 amide bonds. The minimum atomic E-state index is -0.0799. The molecule has 0 aromatic heterocycles. The number of hydrogen-bond acceptors (Lipinski definition) is 2. The maximum absolute atomic E-state index is 13.8. The minimum absolute atomic E-state index is 0.0799. The Morgan fingerprint density at radius 2 is 2.07 bits per heavy atom. The molecule has 4 heteroatoms. The molecule has 1 heterocycles. The van der Waals surface area contributed by atoms with Crippen LogP contribution in [0.5, 0.6) is 0 Å². The van der Waals surface area contributed by atoms with E-state index in [1.165, 1.54) is 0 Å². The van der Waals surface area contributed by atoms with Gasteiger partial charge in [0.2, 0.25) is 0 Å². The molecule has 1 aliphatic rings. The molecule has 1 aliphatic heterocycles. The Bertz CT molecular complexity index is 337. The molecule has 0 radical (unpaired) electrons. The van der Waals surface area contributed by atoms with Gasteiger partial charge in [0.05, 0.1) is 5.69 Å². The molecule has 2 rings (SSSR count). The second-order valence-corrected chi connectivity index (χ2v) is 4.73. The lowest BCUT2D eigenvalue weighted by Gasteiger charge is -2.29. The molecule has 0 saturated carbocycles. The van der Waals surface area contributed by atoms with E-state index >= 15 is 0 Å². The normalized spacial score (nSPS) is 17.6. The third-order valence-corrected chi connectivity index (χ3v) is 3.58. The quantitative estimate of drug-likeness (QED) is 0.761. The molecule has 1 atom stereocenters. The Labute approximate surface area is 91.6 Å². The number of nitrogens with zero attached hydrogens (tertiary/aromatic N) is 1. The molecule has 0 bridgehead atoms. The summed E-state index contributed by atoms with van der Waals surface area (Å²) in [5.41, 5.74) is 0.749. The Morgan fingerprint density at radius 1 is 1.33 bits per heavy atom. The minimum Gasteiger partial charge on any atom is -0.367 e. The Morgan fingerprint density at radius 3 is 2.67 bits per heavy atom. The van der Waals surface area contributed by atoms with Crippen LogP contribution in [-0.4, -0.2) is 32.8 Å². The Hall–Kier alpha value is -0.660. The summed E-state index contributed by atoms with van der Waals surface area (Å²) in [4.78, 5) is 2.11. The molecule has 2 nitrogen and oxygen atoms in total. The van der Waals surface area contributed by atoms with Crippen molar-refractivity contribution in [3.05, 3.63) is 24.0 Å². The van der Waals surface area contributed by atoms with Gasteiger partial charge in [0.1, 0.15) is 5.82 Å². The number of hydrogen-bond donors (Lipinski definition) is 1. The Balaban J connectivity index is 2.19. The molecule has 15 heavy (non-hydrogen) atoms. The Kier molecular flexibility index (Phi) is 3.55. The van der Waals surface area contributed by atoms with Crippen molar-refractivity contribution < 1.29 is 4.39 Å². The highest BCUT2D eigenvalue weighted by Crippen LogP contribution is 2.20. The topological polar surface area (TPSA) is 15.3 Å². The number of nitrogens with one attached hydrogen (secondary N) is 1. The zero-order valence-corrected chi connectivity index (χ0v) is 9.89. The zero-order valence-electron chi connectivity index (χ0n) is 8.89. The van der Waals surface area contributed by atoms with E-state index in [1.54, 1.807) is 6.07 Å². The number of anilines is 1. The average Bonchev–Trinajstić information content (AvgIpc) is 2.30. The highest BCUT2D eigenvalue weighted by molar-refractivity contribution is 7.46. The highest BCUT2D eigenvalue weighted by atomic mass is 31.1. The van der Waals surface area contributed by atoms with Crippen LogP contribution in [0.1, 0.15) is 0 Å². The van der Waals surface area contributed by atoms with Crippen LogP contribution < -0.4 is 15.5 Å². The van der Waals surface area contributed by atoms with Crippen molar-refractivity contribution in [1.29, 1.82) is 0 Å². The van der Waals surface area contributed by atoms with E-state index in [0.29, 0.717) is 8.58 Å². The maximum Gasteiger partial charge on any atom is 0.147 e. The van der Waals surface area contributed by atoms with Crippen molar-refractivity contribution in [2.24, 2.45) is 0 Å². The molecule has 1 aromatic rings.